The van der Waals surface area contributed by atoms with Gasteiger partial charge in [-0.1, -0.05) is 19.8 Å². The first kappa shape index (κ1) is 14.2. The molecule has 0 bridgehead atoms. The van der Waals surface area contributed by atoms with Gasteiger partial charge in [-0.05, 0) is 25.2 Å². The monoisotopic (exact) mass is 281 g/mol. The third-order valence-corrected chi connectivity index (χ3v) is 4.65. The Labute approximate surface area is 118 Å². The number of nitrogen functional groups attached to an aromatic ring is 1. The van der Waals surface area contributed by atoms with E-state index in [0.29, 0.717) is 16.5 Å². The van der Waals surface area contributed by atoms with Crippen LogP contribution in [0.25, 0.3) is 0 Å². The van der Waals surface area contributed by atoms with Crippen LogP contribution in [0.1, 0.15) is 60.2 Å². The van der Waals surface area contributed by atoms with Crippen molar-refractivity contribution in [2.75, 3.05) is 24.6 Å². The van der Waals surface area contributed by atoms with Crippen molar-refractivity contribution in [3.8, 4) is 0 Å². The van der Waals surface area contributed by atoms with Gasteiger partial charge < -0.3 is 16.4 Å². The van der Waals surface area contributed by atoms with Gasteiger partial charge in [0.1, 0.15) is 4.88 Å². The van der Waals surface area contributed by atoms with Gasteiger partial charge >= 0.3 is 0 Å². The van der Waals surface area contributed by atoms with E-state index in [-0.39, 0.29) is 5.91 Å². The Morgan fingerprint density at radius 2 is 2.16 bits per heavy atom. The van der Waals surface area contributed by atoms with Crippen LogP contribution in [0, 0.1) is 0 Å². The van der Waals surface area contributed by atoms with Gasteiger partial charge in [0.2, 0.25) is 0 Å². The molecule has 4 N–H and O–H groups in total. The molecule has 0 radical (unpaired) electrons. The highest BCUT2D eigenvalue weighted by atomic mass is 32.1. The minimum absolute atomic E-state index is 0.0778. The molecule has 0 spiro atoms. The molecule has 0 saturated heterocycles. The first-order valence-corrected chi connectivity index (χ1v) is 7.88. The minimum atomic E-state index is -0.0778. The normalized spacial score (nSPS) is 14.4. The summed E-state index contributed by atoms with van der Waals surface area (Å²) in [5, 5.41) is 7.24. The van der Waals surface area contributed by atoms with Crippen molar-refractivity contribution in [2.45, 2.75) is 44.9 Å². The molecule has 1 aromatic heterocycles. The summed E-state index contributed by atoms with van der Waals surface area (Å²) in [6, 6.07) is 0. The summed E-state index contributed by atoms with van der Waals surface area (Å²) in [4.78, 5) is 12.5. The van der Waals surface area contributed by atoms with Crippen molar-refractivity contribution >= 4 is 27.9 Å². The maximum Gasteiger partial charge on any atom is 0.263 e. The van der Waals surface area contributed by atoms with Gasteiger partial charge in [-0.15, -0.1) is 11.3 Å². The van der Waals surface area contributed by atoms with Gasteiger partial charge in [0, 0.05) is 19.2 Å². The number of hydrogen-bond acceptors (Lipinski definition) is 4. The fourth-order valence-electron chi connectivity index (χ4n) is 2.22. The second-order valence-corrected chi connectivity index (χ2v) is 6.10. The maximum absolute atomic E-state index is 11.8. The number of rotatable bonds is 7. The molecule has 0 aliphatic heterocycles. The quantitative estimate of drug-likeness (QED) is 0.672. The van der Waals surface area contributed by atoms with E-state index in [4.69, 9.17) is 5.73 Å². The Bertz CT molecular complexity index is 452. The van der Waals surface area contributed by atoms with E-state index < -0.39 is 0 Å². The van der Waals surface area contributed by atoms with Gasteiger partial charge in [-0.2, -0.15) is 0 Å². The van der Waals surface area contributed by atoms with Gasteiger partial charge in [-0.3, -0.25) is 4.79 Å². The summed E-state index contributed by atoms with van der Waals surface area (Å²) in [5.74, 6) is 0.481. The van der Waals surface area contributed by atoms with Crippen LogP contribution in [0.2, 0.25) is 0 Å². The Morgan fingerprint density at radius 3 is 2.74 bits per heavy atom. The predicted octanol–water partition coefficient (Wildman–Crippen LogP) is 3.17. The third-order valence-electron chi connectivity index (χ3n) is 3.47. The number of carbonyl (C=O) groups is 1. The van der Waals surface area contributed by atoms with E-state index in [2.05, 4.69) is 17.6 Å². The van der Waals surface area contributed by atoms with Gasteiger partial charge in [-0.25, -0.2) is 0 Å². The zero-order chi connectivity index (χ0) is 13.8. The van der Waals surface area contributed by atoms with E-state index >= 15 is 0 Å². The number of nitrogens with one attached hydrogen (secondary N) is 2. The number of nitrogens with two attached hydrogens (primary N) is 1. The van der Waals surface area contributed by atoms with Crippen molar-refractivity contribution in [1.29, 1.82) is 0 Å². The summed E-state index contributed by atoms with van der Waals surface area (Å²) < 4.78 is 0. The average molecular weight is 281 g/mol. The Kier molecular flexibility index (Phi) is 4.69. The van der Waals surface area contributed by atoms with Crippen LogP contribution >= 0.6 is 11.3 Å². The Hall–Kier alpha value is -1.23. The van der Waals surface area contributed by atoms with Crippen molar-refractivity contribution < 1.29 is 4.79 Å². The van der Waals surface area contributed by atoms with E-state index in [9.17, 15) is 4.79 Å². The first-order chi connectivity index (χ1) is 9.19. The SMILES string of the molecule is CCCCCNc1sc(C(=O)NC)c(N)c1C1CC1. The van der Waals surface area contributed by atoms with E-state index in [1.807, 2.05) is 0 Å². The van der Waals surface area contributed by atoms with E-state index in [1.54, 1.807) is 7.05 Å². The fourth-order valence-corrected chi connectivity index (χ4v) is 3.40. The lowest BCUT2D eigenvalue weighted by Gasteiger charge is -2.06. The molecule has 1 aliphatic carbocycles. The predicted molar refractivity (Wildman–Crippen MR) is 82.1 cm³/mol. The van der Waals surface area contributed by atoms with Crippen molar-refractivity contribution in [2.24, 2.45) is 0 Å². The lowest BCUT2D eigenvalue weighted by molar-refractivity contribution is 0.0968. The van der Waals surface area contributed by atoms with E-state index in [0.717, 1.165) is 18.0 Å². The van der Waals surface area contributed by atoms with Crippen molar-refractivity contribution in [3.05, 3.63) is 10.4 Å². The van der Waals surface area contributed by atoms with Gasteiger partial charge in [0.05, 0.1) is 10.7 Å². The third kappa shape index (κ3) is 3.21. The molecule has 1 amide bonds. The molecule has 1 saturated carbocycles. The molecule has 1 heterocycles. The number of amides is 1. The summed E-state index contributed by atoms with van der Waals surface area (Å²) in [6.45, 7) is 3.16. The van der Waals surface area contributed by atoms with E-state index in [1.165, 1.54) is 42.6 Å². The number of unbranched alkanes of at least 4 members (excludes halogenated alkanes) is 2. The van der Waals surface area contributed by atoms with Crippen molar-refractivity contribution in [3.63, 3.8) is 0 Å². The maximum atomic E-state index is 11.8. The highest BCUT2D eigenvalue weighted by Gasteiger charge is 2.32. The van der Waals surface area contributed by atoms with Crippen LogP contribution in [-0.2, 0) is 0 Å². The molecule has 2 rings (SSSR count). The van der Waals surface area contributed by atoms with Crippen LogP contribution in [0.15, 0.2) is 0 Å². The molecule has 1 aliphatic rings. The largest absolute Gasteiger partial charge is 0.397 e. The molecular weight excluding hydrogens is 258 g/mol. The number of anilines is 2. The molecule has 0 aromatic carbocycles. The molecule has 0 atom stereocenters. The smallest absolute Gasteiger partial charge is 0.263 e. The van der Waals surface area contributed by atoms with Crippen LogP contribution in [0.3, 0.4) is 0 Å². The summed E-state index contributed by atoms with van der Waals surface area (Å²) >= 11 is 1.50. The zero-order valence-electron chi connectivity index (χ0n) is 11.7. The number of hydrogen-bond donors (Lipinski definition) is 3. The Morgan fingerprint density at radius 1 is 1.42 bits per heavy atom. The lowest BCUT2D eigenvalue weighted by Crippen LogP contribution is -2.17. The fraction of sp³-hybridized carbons (Fsp3) is 0.643. The molecule has 1 fully saturated rings. The number of thiophene rings is 1. The highest BCUT2D eigenvalue weighted by molar-refractivity contribution is 7.18. The highest BCUT2D eigenvalue weighted by Crippen LogP contribution is 2.50. The van der Waals surface area contributed by atoms with Gasteiger partial charge in [0.15, 0.2) is 0 Å². The van der Waals surface area contributed by atoms with Crippen LogP contribution in [0.4, 0.5) is 10.7 Å². The zero-order valence-corrected chi connectivity index (χ0v) is 12.5. The van der Waals surface area contributed by atoms with Gasteiger partial charge in [0.25, 0.3) is 5.91 Å². The van der Waals surface area contributed by atoms with Crippen LogP contribution in [-0.4, -0.2) is 19.5 Å². The summed E-state index contributed by atoms with van der Waals surface area (Å²) in [6.07, 6.45) is 5.99. The van der Waals surface area contributed by atoms with Crippen LogP contribution in [0.5, 0.6) is 0 Å². The number of carbonyl (C=O) groups excluding carboxylic acids is 1. The molecule has 0 unspecified atom stereocenters. The molecule has 106 valence electrons. The molecule has 19 heavy (non-hydrogen) atoms. The molecule has 4 nitrogen and oxygen atoms in total. The topological polar surface area (TPSA) is 67.2 Å². The summed E-state index contributed by atoms with van der Waals surface area (Å²) in [7, 11) is 1.65. The molecular formula is C14H23N3OS. The average Bonchev–Trinajstić information content (AvgIpc) is 3.19. The lowest BCUT2D eigenvalue weighted by atomic mass is 10.1. The second kappa shape index (κ2) is 6.28. The first-order valence-electron chi connectivity index (χ1n) is 7.07. The second-order valence-electron chi connectivity index (χ2n) is 5.07. The van der Waals surface area contributed by atoms with Crippen molar-refractivity contribution in [1.82, 2.24) is 5.32 Å². The standard InChI is InChI=1S/C14H23N3OS/c1-3-4-5-8-17-14-10(9-6-7-9)11(15)12(19-14)13(18)16-2/h9,17H,3-8,15H2,1-2H3,(H,16,18). The molecule has 5 heteroatoms. The minimum Gasteiger partial charge on any atom is -0.397 e. The Balaban J connectivity index is 2.14. The molecule has 1 aromatic rings. The van der Waals surface area contributed by atoms with Crippen LogP contribution < -0.4 is 16.4 Å². The summed E-state index contributed by atoms with van der Waals surface area (Å²) in [5.41, 5.74) is 8.03.